The van der Waals surface area contributed by atoms with Gasteiger partial charge < -0.3 is 15.0 Å². The average molecular weight is 392 g/mol. The topological polar surface area (TPSA) is 85.2 Å². The van der Waals surface area contributed by atoms with Crippen molar-refractivity contribution in [2.24, 2.45) is 0 Å². The second-order valence-corrected chi connectivity index (χ2v) is 7.27. The highest BCUT2D eigenvalue weighted by Gasteiger charge is 2.22. The molecule has 2 atom stereocenters. The van der Waals surface area contributed by atoms with E-state index in [0.29, 0.717) is 5.82 Å². The van der Waals surface area contributed by atoms with E-state index < -0.39 is 0 Å². The van der Waals surface area contributed by atoms with Crippen LogP contribution < -0.4 is 10.2 Å². The molecule has 1 aliphatic heterocycles. The summed E-state index contributed by atoms with van der Waals surface area (Å²) in [6.07, 6.45) is 0.406. The molecule has 8 heteroatoms. The van der Waals surface area contributed by atoms with Crippen LogP contribution in [0.25, 0.3) is 11.4 Å². The van der Waals surface area contributed by atoms with Gasteiger partial charge in [-0.25, -0.2) is 0 Å². The molecule has 2 heterocycles. The number of anilines is 2. The summed E-state index contributed by atoms with van der Waals surface area (Å²) in [7, 11) is 0. The molecular formula is C21H24N6O2. The molecule has 0 radical (unpaired) electrons. The van der Waals surface area contributed by atoms with Gasteiger partial charge in [0.15, 0.2) is 0 Å². The number of aromatic nitrogens is 4. The molecule has 2 aromatic carbocycles. The normalized spacial score (nSPS) is 19.2. The molecular weight excluding hydrogens is 368 g/mol. The summed E-state index contributed by atoms with van der Waals surface area (Å²) in [5.41, 5.74) is 2.72. The Balaban J connectivity index is 1.35. The molecule has 4 rings (SSSR count). The molecule has 29 heavy (non-hydrogen) atoms. The van der Waals surface area contributed by atoms with Crippen molar-refractivity contribution in [1.29, 1.82) is 0 Å². The molecule has 3 aromatic rings. The molecule has 1 saturated heterocycles. The summed E-state index contributed by atoms with van der Waals surface area (Å²) in [6.45, 7) is 5.88. The van der Waals surface area contributed by atoms with Crippen molar-refractivity contribution in [1.82, 2.24) is 20.2 Å². The Bertz CT molecular complexity index is 947. The molecule has 1 fully saturated rings. The van der Waals surface area contributed by atoms with Gasteiger partial charge in [-0.3, -0.25) is 4.79 Å². The summed E-state index contributed by atoms with van der Waals surface area (Å²) < 4.78 is 5.78. The molecule has 0 saturated carbocycles. The molecule has 0 bridgehead atoms. The van der Waals surface area contributed by atoms with Crippen LogP contribution in [0.1, 0.15) is 13.8 Å². The zero-order valence-electron chi connectivity index (χ0n) is 16.5. The SMILES string of the molecule is CC1CN(c2ccc(NC(=O)Cn3nnc(-c4ccccc4)n3)cc2)CC(C)O1. The van der Waals surface area contributed by atoms with Crippen LogP contribution in [-0.4, -0.2) is 51.4 Å². The van der Waals surface area contributed by atoms with Crippen molar-refractivity contribution in [3.8, 4) is 11.4 Å². The Labute approximate surface area is 169 Å². The van der Waals surface area contributed by atoms with Crippen LogP contribution in [0.15, 0.2) is 54.6 Å². The van der Waals surface area contributed by atoms with Crippen molar-refractivity contribution in [3.63, 3.8) is 0 Å². The number of morpholine rings is 1. The van der Waals surface area contributed by atoms with Gasteiger partial charge in [0, 0.05) is 30.0 Å². The number of ether oxygens (including phenoxy) is 1. The summed E-state index contributed by atoms with van der Waals surface area (Å²) in [4.78, 5) is 15.9. The van der Waals surface area contributed by atoms with Crippen molar-refractivity contribution >= 4 is 17.3 Å². The monoisotopic (exact) mass is 392 g/mol. The maximum atomic E-state index is 12.3. The average Bonchev–Trinajstić information content (AvgIpc) is 3.17. The first kappa shape index (κ1) is 19.1. The largest absolute Gasteiger partial charge is 0.372 e. The zero-order valence-corrected chi connectivity index (χ0v) is 16.5. The predicted octanol–water partition coefficient (Wildman–Crippen LogP) is 2.59. The van der Waals surface area contributed by atoms with Crippen LogP contribution in [0.4, 0.5) is 11.4 Å². The van der Waals surface area contributed by atoms with E-state index in [1.807, 2.05) is 54.6 Å². The van der Waals surface area contributed by atoms with Crippen LogP contribution >= 0.6 is 0 Å². The maximum Gasteiger partial charge on any atom is 0.248 e. The number of carbonyl (C=O) groups excluding carboxylic acids is 1. The standard InChI is InChI=1S/C21H24N6O2/c1-15-12-26(13-16(2)29-15)19-10-8-18(9-11-19)22-20(28)14-27-24-21(23-25-27)17-6-4-3-5-7-17/h3-11,15-16H,12-14H2,1-2H3,(H,22,28). The fourth-order valence-electron chi connectivity index (χ4n) is 3.49. The van der Waals surface area contributed by atoms with Crippen LogP contribution in [0.5, 0.6) is 0 Å². The minimum atomic E-state index is -0.205. The van der Waals surface area contributed by atoms with Gasteiger partial charge in [-0.2, -0.15) is 4.80 Å². The number of hydrogen-bond donors (Lipinski definition) is 1. The van der Waals surface area contributed by atoms with Crippen molar-refractivity contribution in [2.45, 2.75) is 32.6 Å². The third-order valence-corrected chi connectivity index (χ3v) is 4.71. The molecule has 1 aliphatic rings. The number of carbonyl (C=O) groups is 1. The molecule has 150 valence electrons. The Hall–Kier alpha value is -3.26. The minimum Gasteiger partial charge on any atom is -0.372 e. The van der Waals surface area contributed by atoms with Crippen molar-refractivity contribution < 1.29 is 9.53 Å². The molecule has 1 N–H and O–H groups in total. The van der Waals surface area contributed by atoms with E-state index in [-0.39, 0.29) is 24.7 Å². The number of nitrogens with one attached hydrogen (secondary N) is 1. The quantitative estimate of drug-likeness (QED) is 0.718. The smallest absolute Gasteiger partial charge is 0.248 e. The van der Waals surface area contributed by atoms with Gasteiger partial charge in [0.2, 0.25) is 11.7 Å². The number of tetrazole rings is 1. The first-order chi connectivity index (χ1) is 14.1. The summed E-state index contributed by atoms with van der Waals surface area (Å²) in [5.74, 6) is 0.292. The van der Waals surface area contributed by atoms with Crippen molar-refractivity contribution in [2.75, 3.05) is 23.3 Å². The number of benzene rings is 2. The van der Waals surface area contributed by atoms with Gasteiger partial charge in [0.1, 0.15) is 6.54 Å². The third-order valence-electron chi connectivity index (χ3n) is 4.71. The summed E-state index contributed by atoms with van der Waals surface area (Å²) >= 11 is 0. The summed E-state index contributed by atoms with van der Waals surface area (Å²) in [5, 5.41) is 15.1. The first-order valence-electron chi connectivity index (χ1n) is 9.70. The minimum absolute atomic E-state index is 0.0000776. The predicted molar refractivity (Wildman–Crippen MR) is 111 cm³/mol. The molecule has 2 unspecified atom stereocenters. The second-order valence-electron chi connectivity index (χ2n) is 7.27. The zero-order chi connectivity index (χ0) is 20.2. The van der Waals surface area contributed by atoms with E-state index in [1.165, 1.54) is 4.80 Å². The Morgan fingerprint density at radius 3 is 2.45 bits per heavy atom. The first-order valence-corrected chi connectivity index (χ1v) is 9.70. The number of amides is 1. The third kappa shape index (κ3) is 4.78. The highest BCUT2D eigenvalue weighted by molar-refractivity contribution is 5.90. The molecule has 1 amide bonds. The second kappa shape index (κ2) is 8.40. The van der Waals surface area contributed by atoms with Gasteiger partial charge in [-0.1, -0.05) is 30.3 Å². The lowest BCUT2D eigenvalue weighted by molar-refractivity contribution is -0.117. The highest BCUT2D eigenvalue weighted by atomic mass is 16.5. The lowest BCUT2D eigenvalue weighted by Gasteiger charge is -2.36. The van der Waals surface area contributed by atoms with Crippen LogP contribution in [-0.2, 0) is 16.1 Å². The fourth-order valence-corrected chi connectivity index (χ4v) is 3.49. The van der Waals surface area contributed by atoms with Gasteiger partial charge in [-0.05, 0) is 43.3 Å². The lowest BCUT2D eigenvalue weighted by atomic mass is 10.2. The molecule has 1 aromatic heterocycles. The number of nitrogens with zero attached hydrogens (tertiary/aromatic N) is 5. The van der Waals surface area contributed by atoms with Crippen molar-refractivity contribution in [3.05, 3.63) is 54.6 Å². The molecule has 0 aliphatic carbocycles. The van der Waals surface area contributed by atoms with Gasteiger partial charge in [-0.15, -0.1) is 10.2 Å². The van der Waals surface area contributed by atoms with E-state index in [4.69, 9.17) is 4.74 Å². The van der Waals surface area contributed by atoms with Crippen LogP contribution in [0.2, 0.25) is 0 Å². The van der Waals surface area contributed by atoms with Gasteiger partial charge in [0.05, 0.1) is 12.2 Å². The van der Waals surface area contributed by atoms with Crippen LogP contribution in [0, 0.1) is 0 Å². The fraction of sp³-hybridized carbons (Fsp3) is 0.333. The van der Waals surface area contributed by atoms with E-state index in [0.717, 1.165) is 30.0 Å². The highest BCUT2D eigenvalue weighted by Crippen LogP contribution is 2.22. The van der Waals surface area contributed by atoms with Crippen LogP contribution in [0.3, 0.4) is 0 Å². The number of hydrogen-bond acceptors (Lipinski definition) is 6. The van der Waals surface area contributed by atoms with E-state index in [2.05, 4.69) is 39.5 Å². The van der Waals surface area contributed by atoms with Gasteiger partial charge in [0.25, 0.3) is 0 Å². The molecule has 8 nitrogen and oxygen atoms in total. The number of rotatable bonds is 5. The Morgan fingerprint density at radius 1 is 1.07 bits per heavy atom. The van der Waals surface area contributed by atoms with E-state index >= 15 is 0 Å². The molecule has 0 spiro atoms. The van der Waals surface area contributed by atoms with E-state index in [1.54, 1.807) is 0 Å². The van der Waals surface area contributed by atoms with E-state index in [9.17, 15) is 4.79 Å². The lowest BCUT2D eigenvalue weighted by Crippen LogP contribution is -2.45. The van der Waals surface area contributed by atoms with Gasteiger partial charge >= 0.3 is 0 Å². The Kier molecular flexibility index (Phi) is 5.53. The Morgan fingerprint density at radius 2 is 1.76 bits per heavy atom. The summed E-state index contributed by atoms with van der Waals surface area (Å²) in [6, 6.07) is 17.4. The maximum absolute atomic E-state index is 12.3.